The summed E-state index contributed by atoms with van der Waals surface area (Å²) in [4.78, 5) is 38.4. The van der Waals surface area contributed by atoms with Crippen LogP contribution in [0.25, 0.3) is 17.4 Å². The number of esters is 1. The fourth-order valence-electron chi connectivity index (χ4n) is 3.34. The number of nitriles is 1. The van der Waals surface area contributed by atoms with Crippen LogP contribution < -0.4 is 0 Å². The van der Waals surface area contributed by atoms with Crippen molar-refractivity contribution in [1.29, 1.82) is 5.26 Å². The lowest BCUT2D eigenvalue weighted by Crippen LogP contribution is -2.43. The molecule has 1 aromatic carbocycles. The van der Waals surface area contributed by atoms with Crippen LogP contribution in [-0.4, -0.2) is 35.3 Å². The molecule has 0 N–H and O–H groups in total. The van der Waals surface area contributed by atoms with E-state index in [9.17, 15) is 19.6 Å². The number of rotatable bonds is 6. The van der Waals surface area contributed by atoms with Crippen LogP contribution >= 0.6 is 0 Å². The molecule has 0 aliphatic carbocycles. The van der Waals surface area contributed by atoms with Gasteiger partial charge in [0, 0.05) is 17.7 Å². The van der Waals surface area contributed by atoms with Gasteiger partial charge in [-0.3, -0.25) is 14.5 Å². The Kier molecular flexibility index (Phi) is 6.74. The minimum atomic E-state index is -0.565. The first-order valence-corrected chi connectivity index (χ1v) is 10.4. The number of imide groups is 1. The number of benzene rings is 1. The van der Waals surface area contributed by atoms with Crippen molar-refractivity contribution in [3.05, 3.63) is 64.4 Å². The maximum absolute atomic E-state index is 12.9. The monoisotopic (exact) mass is 432 g/mol. The SMILES string of the molecule is CCCN1C(=O)C(C#N)=C(C)/C(=C\c2ccc(-c3ccc(C(=O)OC(C)C)cc3)o2)C1=O. The highest BCUT2D eigenvalue weighted by atomic mass is 16.5. The lowest BCUT2D eigenvalue weighted by atomic mass is 9.94. The van der Waals surface area contributed by atoms with Gasteiger partial charge in [0.25, 0.3) is 11.8 Å². The van der Waals surface area contributed by atoms with E-state index < -0.39 is 17.8 Å². The highest BCUT2D eigenvalue weighted by Crippen LogP contribution is 2.29. The number of carbonyl (C=O) groups excluding carboxylic acids is 3. The summed E-state index contributed by atoms with van der Waals surface area (Å²) < 4.78 is 11.1. The molecule has 32 heavy (non-hydrogen) atoms. The van der Waals surface area contributed by atoms with Crippen molar-refractivity contribution < 1.29 is 23.5 Å². The molecule has 7 nitrogen and oxygen atoms in total. The third-order valence-corrected chi connectivity index (χ3v) is 4.93. The van der Waals surface area contributed by atoms with Crippen LogP contribution in [0.2, 0.25) is 0 Å². The first-order chi connectivity index (χ1) is 15.3. The van der Waals surface area contributed by atoms with E-state index in [0.29, 0.717) is 29.1 Å². The maximum Gasteiger partial charge on any atom is 0.338 e. The molecule has 164 valence electrons. The molecule has 7 heteroatoms. The minimum Gasteiger partial charge on any atom is -0.459 e. The van der Waals surface area contributed by atoms with E-state index in [-0.39, 0.29) is 23.8 Å². The van der Waals surface area contributed by atoms with Crippen LogP contribution in [0.4, 0.5) is 0 Å². The summed E-state index contributed by atoms with van der Waals surface area (Å²) in [7, 11) is 0. The Balaban J connectivity index is 1.90. The summed E-state index contributed by atoms with van der Waals surface area (Å²) >= 11 is 0. The molecule has 2 aromatic rings. The molecule has 0 saturated heterocycles. The molecule has 0 saturated carbocycles. The zero-order valence-electron chi connectivity index (χ0n) is 18.5. The number of nitrogens with zero attached hydrogens (tertiary/aromatic N) is 2. The Morgan fingerprint density at radius 1 is 1.16 bits per heavy atom. The molecule has 0 spiro atoms. The molecule has 1 aliphatic heterocycles. The van der Waals surface area contributed by atoms with Gasteiger partial charge in [0.15, 0.2) is 0 Å². The standard InChI is InChI=1S/C25H24N2O5/c1-5-12-27-23(28)20(16(4)21(14-26)24(27)29)13-19-10-11-22(32-19)17-6-8-18(9-7-17)25(30)31-15(2)3/h6-11,13,15H,5,12H2,1-4H3/b20-13+. The Bertz CT molecular complexity index is 1160. The number of amides is 2. The van der Waals surface area contributed by atoms with E-state index in [1.54, 1.807) is 63.2 Å². The topological polar surface area (TPSA) is 101 Å². The summed E-state index contributed by atoms with van der Waals surface area (Å²) in [6.45, 7) is 7.25. The van der Waals surface area contributed by atoms with Crippen LogP contribution in [0.5, 0.6) is 0 Å². The van der Waals surface area contributed by atoms with E-state index in [4.69, 9.17) is 9.15 Å². The number of hydrogen-bond donors (Lipinski definition) is 0. The second-order valence-electron chi connectivity index (χ2n) is 7.67. The van der Waals surface area contributed by atoms with Crippen molar-refractivity contribution in [3.63, 3.8) is 0 Å². The van der Waals surface area contributed by atoms with E-state index >= 15 is 0 Å². The van der Waals surface area contributed by atoms with Crippen molar-refractivity contribution in [2.75, 3.05) is 6.54 Å². The number of ether oxygens (including phenoxy) is 1. The van der Waals surface area contributed by atoms with Crippen LogP contribution in [0.1, 0.15) is 50.2 Å². The van der Waals surface area contributed by atoms with Crippen molar-refractivity contribution in [1.82, 2.24) is 4.90 Å². The molecule has 3 rings (SSSR count). The van der Waals surface area contributed by atoms with Crippen molar-refractivity contribution >= 4 is 23.9 Å². The fourth-order valence-corrected chi connectivity index (χ4v) is 3.34. The average Bonchev–Trinajstić information content (AvgIpc) is 3.23. The van der Waals surface area contributed by atoms with Crippen LogP contribution in [0, 0.1) is 11.3 Å². The second-order valence-corrected chi connectivity index (χ2v) is 7.67. The van der Waals surface area contributed by atoms with Crippen LogP contribution in [0.15, 0.2) is 57.5 Å². The fraction of sp³-hybridized carbons (Fsp3) is 0.280. The Hall–Kier alpha value is -3.92. The smallest absolute Gasteiger partial charge is 0.338 e. The van der Waals surface area contributed by atoms with Gasteiger partial charge in [-0.15, -0.1) is 0 Å². The van der Waals surface area contributed by atoms with Crippen LogP contribution in [0.3, 0.4) is 0 Å². The lowest BCUT2D eigenvalue weighted by molar-refractivity contribution is -0.140. The summed E-state index contributed by atoms with van der Waals surface area (Å²) in [6, 6.07) is 12.2. The van der Waals surface area contributed by atoms with Gasteiger partial charge in [0.05, 0.1) is 11.7 Å². The molecule has 2 amide bonds. The first kappa shape index (κ1) is 22.8. The zero-order chi connectivity index (χ0) is 23.4. The van der Waals surface area contributed by atoms with Gasteiger partial charge in [-0.05, 0) is 63.1 Å². The number of carbonyl (C=O) groups is 3. The average molecular weight is 432 g/mol. The van der Waals surface area contributed by atoms with Crippen molar-refractivity contribution in [3.8, 4) is 17.4 Å². The van der Waals surface area contributed by atoms with Gasteiger partial charge in [-0.1, -0.05) is 19.1 Å². The first-order valence-electron chi connectivity index (χ1n) is 10.4. The summed E-state index contributed by atoms with van der Waals surface area (Å²) in [5.41, 5.74) is 1.73. The van der Waals surface area contributed by atoms with Crippen LogP contribution in [-0.2, 0) is 14.3 Å². The largest absolute Gasteiger partial charge is 0.459 e. The number of hydrogen-bond acceptors (Lipinski definition) is 6. The highest BCUT2D eigenvalue weighted by Gasteiger charge is 2.35. The number of furan rings is 1. The predicted molar refractivity (Wildman–Crippen MR) is 118 cm³/mol. The molecule has 0 unspecified atom stereocenters. The molecule has 1 aliphatic rings. The Morgan fingerprint density at radius 2 is 1.84 bits per heavy atom. The van der Waals surface area contributed by atoms with E-state index in [1.165, 1.54) is 0 Å². The van der Waals surface area contributed by atoms with Crippen molar-refractivity contribution in [2.24, 2.45) is 0 Å². The lowest BCUT2D eigenvalue weighted by Gasteiger charge is -2.26. The van der Waals surface area contributed by atoms with Gasteiger partial charge >= 0.3 is 5.97 Å². The van der Waals surface area contributed by atoms with Gasteiger partial charge in [0.1, 0.15) is 23.2 Å². The predicted octanol–water partition coefficient (Wildman–Crippen LogP) is 4.51. The molecule has 0 fully saturated rings. The zero-order valence-corrected chi connectivity index (χ0v) is 18.5. The molecule has 2 heterocycles. The third-order valence-electron chi connectivity index (χ3n) is 4.93. The van der Waals surface area contributed by atoms with E-state index in [1.807, 2.05) is 13.0 Å². The quantitative estimate of drug-likeness (QED) is 0.378. The summed E-state index contributed by atoms with van der Waals surface area (Å²) in [5.74, 6) is -0.444. The normalized spacial score (nSPS) is 15.5. The van der Waals surface area contributed by atoms with E-state index in [0.717, 1.165) is 10.5 Å². The second kappa shape index (κ2) is 9.48. The minimum absolute atomic E-state index is 0.0417. The Morgan fingerprint density at radius 3 is 2.44 bits per heavy atom. The molecule has 0 atom stereocenters. The van der Waals surface area contributed by atoms with Gasteiger partial charge in [0.2, 0.25) is 0 Å². The Labute approximate surface area is 186 Å². The molecule has 1 aromatic heterocycles. The van der Waals surface area contributed by atoms with Gasteiger partial charge in [-0.25, -0.2) is 4.79 Å². The molecule has 0 bridgehead atoms. The summed E-state index contributed by atoms with van der Waals surface area (Å²) in [5, 5.41) is 9.40. The maximum atomic E-state index is 12.9. The highest BCUT2D eigenvalue weighted by molar-refractivity contribution is 6.19. The summed E-state index contributed by atoms with van der Waals surface area (Å²) in [6.07, 6.45) is 1.93. The third kappa shape index (κ3) is 4.54. The van der Waals surface area contributed by atoms with Gasteiger partial charge < -0.3 is 9.15 Å². The molecular formula is C25H24N2O5. The van der Waals surface area contributed by atoms with Gasteiger partial charge in [-0.2, -0.15) is 5.26 Å². The molecule has 0 radical (unpaired) electrons. The molecular weight excluding hydrogens is 408 g/mol. The van der Waals surface area contributed by atoms with E-state index in [2.05, 4.69) is 0 Å². The van der Waals surface area contributed by atoms with Crippen molar-refractivity contribution in [2.45, 2.75) is 40.2 Å².